The largest absolute Gasteiger partial charge is 0.334 e. The van der Waals surface area contributed by atoms with Crippen LogP contribution in [0.4, 0.5) is 4.39 Å². The highest BCUT2D eigenvalue weighted by Crippen LogP contribution is 2.22. The van der Waals surface area contributed by atoms with Crippen molar-refractivity contribution >= 4 is 10.0 Å². The van der Waals surface area contributed by atoms with Gasteiger partial charge in [0.1, 0.15) is 5.82 Å². The Hall–Kier alpha value is -2.58. The van der Waals surface area contributed by atoms with Crippen LogP contribution in [0.15, 0.2) is 57.9 Å². The summed E-state index contributed by atoms with van der Waals surface area (Å²) in [5.74, 6) is 0.149. The molecule has 0 spiro atoms. The molecule has 3 aromatic rings. The van der Waals surface area contributed by atoms with Gasteiger partial charge >= 0.3 is 0 Å². The molecule has 3 rings (SSSR count). The van der Waals surface area contributed by atoms with Gasteiger partial charge in [0.15, 0.2) is 5.82 Å². The van der Waals surface area contributed by atoms with Crippen LogP contribution >= 0.6 is 0 Å². The molecule has 0 saturated carbocycles. The number of hydrogen-bond donors (Lipinski definition) is 1. The number of hydrogen-bond acceptors (Lipinski definition) is 5. The monoisotopic (exact) mass is 389 g/mol. The van der Waals surface area contributed by atoms with Crippen LogP contribution in [0.2, 0.25) is 0 Å². The van der Waals surface area contributed by atoms with Gasteiger partial charge in [-0.05, 0) is 50.6 Å². The molecular weight excluding hydrogens is 369 g/mol. The Morgan fingerprint density at radius 2 is 1.85 bits per heavy atom. The predicted octanol–water partition coefficient (Wildman–Crippen LogP) is 3.54. The van der Waals surface area contributed by atoms with Crippen LogP contribution in [0.5, 0.6) is 0 Å². The summed E-state index contributed by atoms with van der Waals surface area (Å²) in [6.07, 6.45) is 0.180. The van der Waals surface area contributed by atoms with Crippen molar-refractivity contribution in [2.45, 2.75) is 37.6 Å². The summed E-state index contributed by atoms with van der Waals surface area (Å²) in [6, 6.07) is 12.6. The fourth-order valence-corrected chi connectivity index (χ4v) is 3.98. The maximum atomic E-state index is 13.8. The quantitative estimate of drug-likeness (QED) is 0.721. The van der Waals surface area contributed by atoms with E-state index in [-0.39, 0.29) is 23.0 Å². The highest BCUT2D eigenvalue weighted by molar-refractivity contribution is 7.89. The third kappa shape index (κ3) is 4.78. The van der Waals surface area contributed by atoms with E-state index in [1.165, 1.54) is 18.2 Å². The topological polar surface area (TPSA) is 85.1 Å². The smallest absolute Gasteiger partial charge is 0.257 e. The maximum absolute atomic E-state index is 13.8. The van der Waals surface area contributed by atoms with Crippen molar-refractivity contribution in [2.75, 3.05) is 0 Å². The summed E-state index contributed by atoms with van der Waals surface area (Å²) in [7, 11) is -3.69. The van der Waals surface area contributed by atoms with E-state index in [0.29, 0.717) is 17.0 Å². The second-order valence-electron chi connectivity index (χ2n) is 7.17. The molecule has 1 N–H and O–H groups in total. The first kappa shape index (κ1) is 19.2. The number of benzene rings is 2. The van der Waals surface area contributed by atoms with E-state index in [4.69, 9.17) is 4.52 Å². The first-order chi connectivity index (χ1) is 12.6. The molecule has 0 atom stereocenters. The number of nitrogens with zero attached hydrogens (tertiary/aromatic N) is 2. The number of sulfonamides is 1. The van der Waals surface area contributed by atoms with Crippen molar-refractivity contribution in [1.29, 1.82) is 0 Å². The molecular formula is C19H20FN3O3S. The lowest BCUT2D eigenvalue weighted by Crippen LogP contribution is -2.40. The Kier molecular flexibility index (Phi) is 5.12. The number of aromatic nitrogens is 2. The van der Waals surface area contributed by atoms with E-state index in [0.717, 1.165) is 0 Å². The molecule has 2 aromatic carbocycles. The minimum Gasteiger partial charge on any atom is -0.334 e. The lowest BCUT2D eigenvalue weighted by Gasteiger charge is -2.20. The summed E-state index contributed by atoms with van der Waals surface area (Å²) < 4.78 is 46.6. The number of rotatable bonds is 5. The molecule has 0 fully saturated rings. The van der Waals surface area contributed by atoms with Crippen molar-refractivity contribution in [1.82, 2.24) is 14.9 Å². The average molecular weight is 389 g/mol. The molecule has 0 saturated heterocycles. The summed E-state index contributed by atoms with van der Waals surface area (Å²) in [4.78, 5) is 4.36. The third-order valence-electron chi connectivity index (χ3n) is 3.61. The SMILES string of the molecule is CC(C)(C)NS(=O)(=O)c1cccc(-c2nc(Cc3ccccc3F)no2)c1. The van der Waals surface area contributed by atoms with E-state index >= 15 is 0 Å². The average Bonchev–Trinajstić information content (AvgIpc) is 3.04. The second-order valence-corrected chi connectivity index (χ2v) is 8.85. The van der Waals surface area contributed by atoms with Gasteiger partial charge in [-0.2, -0.15) is 4.98 Å². The Morgan fingerprint density at radius 3 is 2.56 bits per heavy atom. The summed E-state index contributed by atoms with van der Waals surface area (Å²) in [5.41, 5.74) is 0.321. The van der Waals surface area contributed by atoms with Crippen LogP contribution in [-0.4, -0.2) is 24.1 Å². The van der Waals surface area contributed by atoms with Gasteiger partial charge in [0.25, 0.3) is 5.89 Å². The van der Waals surface area contributed by atoms with Crippen LogP contribution in [-0.2, 0) is 16.4 Å². The minimum absolute atomic E-state index is 0.101. The highest BCUT2D eigenvalue weighted by Gasteiger charge is 2.23. The zero-order chi connectivity index (χ0) is 19.7. The van der Waals surface area contributed by atoms with E-state index in [1.807, 2.05) is 0 Å². The fourth-order valence-electron chi connectivity index (χ4n) is 2.51. The first-order valence-electron chi connectivity index (χ1n) is 8.34. The van der Waals surface area contributed by atoms with Crippen LogP contribution < -0.4 is 4.72 Å². The standard InChI is InChI=1S/C19H20FN3O3S/c1-19(2,3)23-27(24,25)15-9-6-8-14(11-15)18-21-17(22-26-18)12-13-7-4-5-10-16(13)20/h4-11,23H,12H2,1-3H3. The molecule has 0 aliphatic carbocycles. The van der Waals surface area contributed by atoms with E-state index < -0.39 is 15.6 Å². The van der Waals surface area contributed by atoms with Crippen LogP contribution in [0.25, 0.3) is 11.5 Å². The Labute approximate surface area is 157 Å². The molecule has 0 unspecified atom stereocenters. The van der Waals surface area contributed by atoms with Crippen molar-refractivity contribution in [2.24, 2.45) is 0 Å². The molecule has 0 bridgehead atoms. The van der Waals surface area contributed by atoms with Crippen LogP contribution in [0.3, 0.4) is 0 Å². The van der Waals surface area contributed by atoms with Gasteiger partial charge in [0.2, 0.25) is 10.0 Å². The van der Waals surface area contributed by atoms with Crippen molar-refractivity contribution < 1.29 is 17.3 Å². The van der Waals surface area contributed by atoms with E-state index in [1.54, 1.807) is 51.1 Å². The molecule has 0 aliphatic heterocycles. The molecule has 8 heteroatoms. The molecule has 27 heavy (non-hydrogen) atoms. The van der Waals surface area contributed by atoms with E-state index in [9.17, 15) is 12.8 Å². The van der Waals surface area contributed by atoms with Crippen LogP contribution in [0, 0.1) is 5.82 Å². The molecule has 1 aromatic heterocycles. The maximum Gasteiger partial charge on any atom is 0.257 e. The summed E-state index contributed by atoms with van der Waals surface area (Å²) in [6.45, 7) is 5.30. The van der Waals surface area contributed by atoms with Gasteiger partial charge in [-0.15, -0.1) is 0 Å². The number of nitrogens with one attached hydrogen (secondary N) is 1. The molecule has 6 nitrogen and oxygen atoms in total. The fraction of sp³-hybridized carbons (Fsp3) is 0.263. The zero-order valence-corrected chi connectivity index (χ0v) is 16.0. The highest BCUT2D eigenvalue weighted by atomic mass is 32.2. The number of halogens is 1. The van der Waals surface area contributed by atoms with Gasteiger partial charge in [-0.1, -0.05) is 29.4 Å². The normalized spacial score (nSPS) is 12.3. The van der Waals surface area contributed by atoms with Crippen LogP contribution in [0.1, 0.15) is 32.2 Å². The predicted molar refractivity (Wildman–Crippen MR) is 99.0 cm³/mol. The minimum atomic E-state index is -3.69. The molecule has 0 radical (unpaired) electrons. The van der Waals surface area contributed by atoms with Crippen molar-refractivity contribution in [3.05, 3.63) is 65.7 Å². The zero-order valence-electron chi connectivity index (χ0n) is 15.2. The van der Waals surface area contributed by atoms with Gasteiger partial charge in [0.05, 0.1) is 4.90 Å². The Morgan fingerprint density at radius 1 is 1.11 bits per heavy atom. The molecule has 1 heterocycles. The first-order valence-corrected chi connectivity index (χ1v) is 9.83. The summed E-state index contributed by atoms with van der Waals surface area (Å²) >= 11 is 0. The Bertz CT molecular complexity index is 1060. The van der Waals surface area contributed by atoms with Gasteiger partial charge in [0, 0.05) is 17.5 Å². The lowest BCUT2D eigenvalue weighted by atomic mass is 10.1. The van der Waals surface area contributed by atoms with Crippen molar-refractivity contribution in [3.63, 3.8) is 0 Å². The molecule has 0 amide bonds. The third-order valence-corrected chi connectivity index (χ3v) is 5.36. The summed E-state index contributed by atoms with van der Waals surface area (Å²) in [5, 5.41) is 3.86. The van der Waals surface area contributed by atoms with Gasteiger partial charge in [-0.25, -0.2) is 17.5 Å². The Balaban J connectivity index is 1.86. The molecule has 0 aliphatic rings. The van der Waals surface area contributed by atoms with Gasteiger partial charge in [-0.3, -0.25) is 0 Å². The second kappa shape index (κ2) is 7.21. The van der Waals surface area contributed by atoms with Gasteiger partial charge < -0.3 is 4.52 Å². The lowest BCUT2D eigenvalue weighted by molar-refractivity contribution is 0.423. The van der Waals surface area contributed by atoms with Crippen molar-refractivity contribution in [3.8, 4) is 11.5 Å². The molecule has 142 valence electrons. The van der Waals surface area contributed by atoms with E-state index in [2.05, 4.69) is 14.9 Å².